The Morgan fingerprint density at radius 2 is 1.73 bits per heavy atom. The number of ether oxygens (including phenoxy) is 1. The summed E-state index contributed by atoms with van der Waals surface area (Å²) < 4.78 is 5.82. The zero-order valence-corrected chi connectivity index (χ0v) is 18.3. The average Bonchev–Trinajstić information content (AvgIpc) is 3.25. The van der Waals surface area contributed by atoms with Crippen LogP contribution >= 0.6 is 0 Å². The molecule has 1 aliphatic heterocycles. The predicted molar refractivity (Wildman–Crippen MR) is 125 cm³/mol. The van der Waals surface area contributed by atoms with E-state index >= 15 is 0 Å². The number of likely N-dealkylation sites (tertiary alicyclic amines) is 1. The fourth-order valence-electron chi connectivity index (χ4n) is 4.10. The first-order chi connectivity index (χ1) is 14.7. The number of unbranched alkanes of at least 4 members (excludes halogenated alkanes) is 4. The molecule has 160 valence electrons. The highest BCUT2D eigenvalue weighted by Gasteiger charge is 2.26. The van der Waals surface area contributed by atoms with Gasteiger partial charge in [-0.3, -0.25) is 4.79 Å². The van der Waals surface area contributed by atoms with Gasteiger partial charge in [0.1, 0.15) is 0 Å². The topological polar surface area (TPSA) is 29.5 Å². The van der Waals surface area contributed by atoms with E-state index in [1.807, 2.05) is 11.0 Å². The first-order valence-corrected chi connectivity index (χ1v) is 11.4. The van der Waals surface area contributed by atoms with Crippen LogP contribution < -0.4 is 0 Å². The van der Waals surface area contributed by atoms with Gasteiger partial charge in [0.25, 0.3) is 0 Å². The van der Waals surface area contributed by atoms with E-state index in [0.717, 1.165) is 38.8 Å². The third-order valence-electron chi connectivity index (χ3n) is 5.83. The summed E-state index contributed by atoms with van der Waals surface area (Å²) in [5, 5.41) is 0. The van der Waals surface area contributed by atoms with E-state index in [-0.39, 0.29) is 5.91 Å². The largest absolute Gasteiger partial charge is 0.379 e. The summed E-state index contributed by atoms with van der Waals surface area (Å²) in [6.45, 7) is 4.07. The quantitative estimate of drug-likeness (QED) is 0.408. The number of rotatable bonds is 11. The van der Waals surface area contributed by atoms with Crippen LogP contribution in [0.15, 0.2) is 60.7 Å². The normalized spacial score (nSPS) is 16.4. The Balaban J connectivity index is 1.23. The van der Waals surface area contributed by atoms with Gasteiger partial charge in [0.2, 0.25) is 5.91 Å². The van der Waals surface area contributed by atoms with Crippen molar-refractivity contribution in [2.24, 2.45) is 0 Å². The number of nitrogens with zero attached hydrogens (tertiary/aromatic N) is 1. The van der Waals surface area contributed by atoms with Crippen LogP contribution in [0.5, 0.6) is 0 Å². The van der Waals surface area contributed by atoms with E-state index in [9.17, 15) is 4.79 Å². The molecule has 1 aliphatic rings. The molecule has 30 heavy (non-hydrogen) atoms. The monoisotopic (exact) mass is 405 g/mol. The Kier molecular flexibility index (Phi) is 9.17. The molecule has 3 heteroatoms. The van der Waals surface area contributed by atoms with Crippen molar-refractivity contribution in [2.45, 2.75) is 57.9 Å². The number of benzene rings is 2. The van der Waals surface area contributed by atoms with Gasteiger partial charge in [-0.05, 0) is 48.8 Å². The van der Waals surface area contributed by atoms with Crippen molar-refractivity contribution in [3.63, 3.8) is 0 Å². The molecule has 3 rings (SSSR count). The molecule has 0 aromatic heterocycles. The second kappa shape index (κ2) is 12.3. The summed E-state index contributed by atoms with van der Waals surface area (Å²) in [5.74, 6) is 0.182. The third-order valence-corrected chi connectivity index (χ3v) is 5.83. The molecular formula is C27H35NO2. The van der Waals surface area contributed by atoms with Crippen molar-refractivity contribution in [3.05, 3.63) is 66.2 Å². The van der Waals surface area contributed by atoms with Crippen LogP contribution in [0.4, 0.5) is 0 Å². The van der Waals surface area contributed by atoms with Crippen molar-refractivity contribution in [1.29, 1.82) is 0 Å². The molecule has 0 aliphatic carbocycles. The first-order valence-electron chi connectivity index (χ1n) is 11.4. The molecule has 3 nitrogen and oxygen atoms in total. The Hall–Kier alpha value is -2.39. The number of allylic oxidation sites excluding steroid dienone is 1. The molecule has 0 bridgehead atoms. The summed E-state index contributed by atoms with van der Waals surface area (Å²) in [7, 11) is 0. The van der Waals surface area contributed by atoms with Gasteiger partial charge in [-0.25, -0.2) is 0 Å². The maximum absolute atomic E-state index is 11.5. The Morgan fingerprint density at radius 3 is 2.50 bits per heavy atom. The highest BCUT2D eigenvalue weighted by Crippen LogP contribution is 2.20. The molecule has 0 unspecified atom stereocenters. The minimum Gasteiger partial charge on any atom is -0.379 e. The maximum Gasteiger partial charge on any atom is 0.219 e. The Bertz CT molecular complexity index is 782. The van der Waals surface area contributed by atoms with Crippen LogP contribution in [-0.2, 0) is 9.53 Å². The van der Waals surface area contributed by atoms with E-state index < -0.39 is 0 Å². The van der Waals surface area contributed by atoms with Crippen LogP contribution in [0.25, 0.3) is 17.2 Å². The zero-order valence-electron chi connectivity index (χ0n) is 18.3. The lowest BCUT2D eigenvalue weighted by Gasteiger charge is -2.23. The maximum atomic E-state index is 11.5. The number of carbonyl (C=O) groups is 1. The number of hydrogen-bond donors (Lipinski definition) is 0. The van der Waals surface area contributed by atoms with Gasteiger partial charge in [0.05, 0.1) is 12.6 Å². The van der Waals surface area contributed by atoms with Crippen molar-refractivity contribution in [2.75, 3.05) is 19.8 Å². The molecule has 1 heterocycles. The first kappa shape index (κ1) is 22.3. The molecule has 1 atom stereocenters. The van der Waals surface area contributed by atoms with E-state index in [4.69, 9.17) is 4.74 Å². The number of amides is 1. The lowest BCUT2D eigenvalue weighted by molar-refractivity contribution is -0.130. The van der Waals surface area contributed by atoms with Gasteiger partial charge in [0, 0.05) is 20.1 Å². The summed E-state index contributed by atoms with van der Waals surface area (Å²) >= 11 is 0. The van der Waals surface area contributed by atoms with Crippen molar-refractivity contribution >= 4 is 12.0 Å². The second-order valence-corrected chi connectivity index (χ2v) is 8.18. The molecule has 1 fully saturated rings. The van der Waals surface area contributed by atoms with Crippen LogP contribution in [0.2, 0.25) is 0 Å². The molecule has 0 saturated carbocycles. The SMILES string of the molecule is CC(=O)N1CCC[C@H]1COCCCCCC/C=C/c1ccc(-c2ccccc2)cc1. The fraction of sp³-hybridized carbons (Fsp3) is 0.444. The highest BCUT2D eigenvalue weighted by atomic mass is 16.5. The molecule has 0 radical (unpaired) electrons. The van der Waals surface area contributed by atoms with Crippen molar-refractivity contribution in [1.82, 2.24) is 4.90 Å². The lowest BCUT2D eigenvalue weighted by Crippen LogP contribution is -2.36. The number of hydrogen-bond acceptors (Lipinski definition) is 2. The van der Waals surface area contributed by atoms with Crippen LogP contribution in [0, 0.1) is 0 Å². The van der Waals surface area contributed by atoms with Gasteiger partial charge in [-0.2, -0.15) is 0 Å². The van der Waals surface area contributed by atoms with Crippen molar-refractivity contribution in [3.8, 4) is 11.1 Å². The predicted octanol–water partition coefficient (Wildman–Crippen LogP) is 6.34. The highest BCUT2D eigenvalue weighted by molar-refractivity contribution is 5.73. The van der Waals surface area contributed by atoms with Gasteiger partial charge >= 0.3 is 0 Å². The smallest absolute Gasteiger partial charge is 0.219 e. The average molecular weight is 406 g/mol. The minimum absolute atomic E-state index is 0.182. The second-order valence-electron chi connectivity index (χ2n) is 8.18. The van der Waals surface area contributed by atoms with Gasteiger partial charge < -0.3 is 9.64 Å². The van der Waals surface area contributed by atoms with Gasteiger partial charge in [0.15, 0.2) is 0 Å². The summed E-state index contributed by atoms with van der Waals surface area (Å²) in [5.41, 5.74) is 3.78. The molecule has 0 N–H and O–H groups in total. The van der Waals surface area contributed by atoms with E-state index in [1.165, 1.54) is 36.0 Å². The molecule has 2 aromatic rings. The van der Waals surface area contributed by atoms with E-state index in [1.54, 1.807) is 6.92 Å². The number of carbonyl (C=O) groups excluding carboxylic acids is 1. The lowest BCUT2D eigenvalue weighted by atomic mass is 10.0. The van der Waals surface area contributed by atoms with Crippen LogP contribution in [0.1, 0.15) is 57.4 Å². The molecule has 0 spiro atoms. The zero-order chi connectivity index (χ0) is 21.0. The summed E-state index contributed by atoms with van der Waals surface area (Å²) in [6.07, 6.45) is 12.6. The molecular weight excluding hydrogens is 370 g/mol. The van der Waals surface area contributed by atoms with Crippen molar-refractivity contribution < 1.29 is 9.53 Å². The van der Waals surface area contributed by atoms with Crippen LogP contribution in [0.3, 0.4) is 0 Å². The Morgan fingerprint density at radius 1 is 1.00 bits per heavy atom. The minimum atomic E-state index is 0.182. The van der Waals surface area contributed by atoms with Gasteiger partial charge in [-0.1, -0.05) is 79.6 Å². The van der Waals surface area contributed by atoms with Gasteiger partial charge in [-0.15, -0.1) is 0 Å². The van der Waals surface area contributed by atoms with E-state index in [2.05, 4.69) is 60.7 Å². The molecule has 1 saturated heterocycles. The van der Waals surface area contributed by atoms with Crippen LogP contribution in [-0.4, -0.2) is 36.6 Å². The molecule has 1 amide bonds. The van der Waals surface area contributed by atoms with E-state index in [0.29, 0.717) is 12.6 Å². The molecule has 2 aromatic carbocycles. The standard InChI is InChI=1S/C27H35NO2/c1-23(29)28-20-11-15-27(28)22-30-21-10-5-3-2-4-7-12-24-16-18-26(19-17-24)25-13-8-6-9-14-25/h6-9,12-14,16-19,27H,2-5,10-11,15,20-22H2,1H3/b12-7+/t27-/m0/s1. The summed E-state index contributed by atoms with van der Waals surface area (Å²) in [6, 6.07) is 19.5. The Labute approximate surface area is 181 Å². The third kappa shape index (κ3) is 7.14. The fourth-order valence-corrected chi connectivity index (χ4v) is 4.10. The summed E-state index contributed by atoms with van der Waals surface area (Å²) in [4.78, 5) is 13.5.